The van der Waals surface area contributed by atoms with Crippen molar-refractivity contribution in [1.29, 1.82) is 0 Å². The largest absolute Gasteiger partial charge is 0.494 e. The van der Waals surface area contributed by atoms with Crippen LogP contribution in [0.3, 0.4) is 0 Å². The van der Waals surface area contributed by atoms with Crippen LogP contribution in [0.2, 0.25) is 0 Å². The van der Waals surface area contributed by atoms with E-state index in [-0.39, 0.29) is 5.91 Å². The number of amides is 1. The number of anilines is 2. The zero-order valence-corrected chi connectivity index (χ0v) is 19.3. The highest BCUT2D eigenvalue weighted by Gasteiger charge is 2.19. The molecule has 160 valence electrons. The van der Waals surface area contributed by atoms with E-state index in [1.807, 2.05) is 48.7 Å². The summed E-state index contributed by atoms with van der Waals surface area (Å²) in [5.41, 5.74) is 9.49. The smallest absolute Gasteiger partial charge is 0.269 e. The molecule has 0 aliphatic carbocycles. The number of thiophene rings is 1. The molecule has 6 nitrogen and oxygen atoms in total. The molecule has 0 unspecified atom stereocenters. The van der Waals surface area contributed by atoms with Crippen LogP contribution in [0, 0.1) is 5.92 Å². The molecule has 0 saturated carbocycles. The number of nitrogens with zero attached hydrogens (tertiary/aromatic N) is 2. The molecule has 31 heavy (non-hydrogen) atoms. The van der Waals surface area contributed by atoms with Gasteiger partial charge in [0.25, 0.3) is 5.91 Å². The second-order valence-electron chi connectivity index (χ2n) is 7.55. The first kappa shape index (κ1) is 21.3. The highest BCUT2D eigenvalue weighted by Crippen LogP contribution is 2.34. The molecule has 0 aliphatic rings. The number of hydrogen-bond acceptors (Lipinski definition) is 7. The molecule has 3 aromatic heterocycles. The number of fused-ring (bicyclic) bond motifs is 1. The zero-order valence-electron chi connectivity index (χ0n) is 17.6. The Morgan fingerprint density at radius 2 is 1.94 bits per heavy atom. The van der Waals surface area contributed by atoms with Crippen LogP contribution in [0.15, 0.2) is 41.8 Å². The maximum Gasteiger partial charge on any atom is 0.269 e. The molecule has 4 aromatic rings. The van der Waals surface area contributed by atoms with E-state index < -0.39 is 0 Å². The molecule has 1 amide bonds. The van der Waals surface area contributed by atoms with E-state index in [0.29, 0.717) is 28.2 Å². The quantitative estimate of drug-likeness (QED) is 0.367. The van der Waals surface area contributed by atoms with Gasteiger partial charge in [-0.3, -0.25) is 10.1 Å². The highest BCUT2D eigenvalue weighted by atomic mass is 32.1. The third-order valence-corrected chi connectivity index (χ3v) is 6.53. The Morgan fingerprint density at radius 1 is 1.16 bits per heavy atom. The zero-order chi connectivity index (χ0) is 22.0. The van der Waals surface area contributed by atoms with Crippen LogP contribution in [-0.4, -0.2) is 22.5 Å². The molecule has 3 heterocycles. The molecular formula is C23H24N4O2S2. The topological polar surface area (TPSA) is 90.1 Å². The van der Waals surface area contributed by atoms with Gasteiger partial charge in [-0.1, -0.05) is 13.8 Å². The molecule has 4 rings (SSSR count). The van der Waals surface area contributed by atoms with E-state index in [1.165, 1.54) is 22.7 Å². The lowest BCUT2D eigenvalue weighted by atomic mass is 10.1. The Hall–Kier alpha value is -2.97. The first-order valence-corrected chi connectivity index (χ1v) is 11.8. The summed E-state index contributed by atoms with van der Waals surface area (Å²) >= 11 is 2.69. The summed E-state index contributed by atoms with van der Waals surface area (Å²) < 4.78 is 5.48. The minimum Gasteiger partial charge on any atom is -0.494 e. The number of aromatic nitrogens is 2. The predicted octanol–water partition coefficient (Wildman–Crippen LogP) is 5.85. The Morgan fingerprint density at radius 3 is 2.65 bits per heavy atom. The van der Waals surface area contributed by atoms with Crippen LogP contribution in [0.25, 0.3) is 21.5 Å². The van der Waals surface area contributed by atoms with Crippen molar-refractivity contribution in [2.45, 2.75) is 27.2 Å². The summed E-state index contributed by atoms with van der Waals surface area (Å²) in [6.45, 7) is 6.89. The number of nitrogens with one attached hydrogen (secondary N) is 1. The minimum atomic E-state index is -0.265. The van der Waals surface area contributed by atoms with Gasteiger partial charge in [0.1, 0.15) is 15.5 Å². The number of carbonyl (C=O) groups is 1. The van der Waals surface area contributed by atoms with Crippen LogP contribution in [0.1, 0.15) is 36.1 Å². The molecule has 0 saturated heterocycles. The van der Waals surface area contributed by atoms with Gasteiger partial charge in [-0.05, 0) is 55.7 Å². The van der Waals surface area contributed by atoms with Crippen molar-refractivity contribution in [2.75, 3.05) is 17.7 Å². The first-order valence-electron chi connectivity index (χ1n) is 10.1. The Kier molecular flexibility index (Phi) is 6.20. The van der Waals surface area contributed by atoms with Crippen LogP contribution < -0.4 is 15.8 Å². The lowest BCUT2D eigenvalue weighted by Crippen LogP contribution is -2.11. The first-order chi connectivity index (χ1) is 14.9. The normalized spacial score (nSPS) is 11.2. The maximum atomic E-state index is 12.9. The fraction of sp³-hybridized carbons (Fsp3) is 0.261. The van der Waals surface area contributed by atoms with Crippen LogP contribution in [0.4, 0.5) is 10.8 Å². The molecule has 0 bridgehead atoms. The third kappa shape index (κ3) is 4.70. The van der Waals surface area contributed by atoms with E-state index in [4.69, 9.17) is 10.5 Å². The number of hydrogen-bond donors (Lipinski definition) is 2. The molecule has 3 N–H and O–H groups in total. The fourth-order valence-electron chi connectivity index (χ4n) is 3.24. The molecule has 0 spiro atoms. The minimum absolute atomic E-state index is 0.265. The number of thiazole rings is 1. The molecule has 8 heteroatoms. The van der Waals surface area contributed by atoms with Crippen molar-refractivity contribution in [1.82, 2.24) is 9.97 Å². The van der Waals surface area contributed by atoms with Crippen molar-refractivity contribution in [3.05, 3.63) is 52.3 Å². The summed E-state index contributed by atoms with van der Waals surface area (Å²) in [4.78, 5) is 23.4. The molecule has 1 aromatic carbocycles. The van der Waals surface area contributed by atoms with Crippen molar-refractivity contribution < 1.29 is 9.53 Å². The summed E-state index contributed by atoms with van der Waals surface area (Å²) in [6, 6.07) is 11.7. The van der Waals surface area contributed by atoms with Crippen LogP contribution >= 0.6 is 22.7 Å². The van der Waals surface area contributed by atoms with E-state index in [0.717, 1.165) is 39.3 Å². The van der Waals surface area contributed by atoms with E-state index in [1.54, 1.807) is 0 Å². The lowest BCUT2D eigenvalue weighted by molar-refractivity contribution is 0.103. The summed E-state index contributed by atoms with van der Waals surface area (Å²) in [5, 5.41) is 6.13. The van der Waals surface area contributed by atoms with Crippen molar-refractivity contribution in [3.63, 3.8) is 0 Å². The molecular weight excluding hydrogens is 428 g/mol. The van der Waals surface area contributed by atoms with Gasteiger partial charge in [0.2, 0.25) is 0 Å². The maximum absolute atomic E-state index is 12.9. The van der Waals surface area contributed by atoms with Gasteiger partial charge in [0.15, 0.2) is 5.13 Å². The second kappa shape index (κ2) is 9.03. The molecule has 0 aliphatic heterocycles. The van der Waals surface area contributed by atoms with Crippen molar-refractivity contribution in [2.24, 2.45) is 5.92 Å². The van der Waals surface area contributed by atoms with Gasteiger partial charge < -0.3 is 10.5 Å². The SMILES string of the molecule is CCOc1ccc(-c2csc(NC(=O)c3sc4nc(CC(C)C)ccc4c3N)n2)cc1. The van der Waals surface area contributed by atoms with Gasteiger partial charge >= 0.3 is 0 Å². The van der Waals surface area contributed by atoms with Crippen LogP contribution in [0.5, 0.6) is 5.75 Å². The van der Waals surface area contributed by atoms with Crippen molar-refractivity contribution in [3.8, 4) is 17.0 Å². The molecule has 0 atom stereocenters. The lowest BCUT2D eigenvalue weighted by Gasteiger charge is -2.03. The van der Waals surface area contributed by atoms with E-state index >= 15 is 0 Å². The number of carbonyl (C=O) groups excluding carboxylic acids is 1. The average molecular weight is 453 g/mol. The molecule has 0 fully saturated rings. The fourth-order valence-corrected chi connectivity index (χ4v) is 4.96. The summed E-state index contributed by atoms with van der Waals surface area (Å²) in [5.74, 6) is 1.07. The van der Waals surface area contributed by atoms with Gasteiger partial charge in [-0.2, -0.15) is 0 Å². The Bertz CT molecular complexity index is 1210. The Balaban J connectivity index is 1.52. The third-order valence-electron chi connectivity index (χ3n) is 4.66. The highest BCUT2D eigenvalue weighted by molar-refractivity contribution is 7.21. The average Bonchev–Trinajstić information content (AvgIpc) is 3.33. The molecule has 0 radical (unpaired) electrons. The number of nitrogens with two attached hydrogens (primary N) is 1. The van der Waals surface area contributed by atoms with E-state index in [2.05, 4.69) is 29.1 Å². The summed E-state index contributed by atoms with van der Waals surface area (Å²) in [6.07, 6.45) is 0.892. The van der Waals surface area contributed by atoms with Gasteiger partial charge in [0, 0.05) is 22.0 Å². The van der Waals surface area contributed by atoms with Gasteiger partial charge in [-0.15, -0.1) is 22.7 Å². The van der Waals surface area contributed by atoms with Gasteiger partial charge in [-0.25, -0.2) is 9.97 Å². The Labute approximate surface area is 189 Å². The number of ether oxygens (including phenoxy) is 1. The van der Waals surface area contributed by atoms with Gasteiger partial charge in [0.05, 0.1) is 18.0 Å². The second-order valence-corrected chi connectivity index (χ2v) is 9.40. The monoisotopic (exact) mass is 452 g/mol. The predicted molar refractivity (Wildman–Crippen MR) is 129 cm³/mol. The number of nitrogen functional groups attached to an aromatic ring is 1. The number of pyridine rings is 1. The standard InChI is InChI=1S/C23H24N4O2S2/c1-4-29-16-8-5-14(6-9-16)18-12-30-23(26-18)27-21(28)20-19(24)17-10-7-15(11-13(2)3)25-22(17)31-20/h5-10,12-13H,4,11,24H2,1-3H3,(H,26,27,28). The number of rotatable bonds is 7. The number of benzene rings is 1. The van der Waals surface area contributed by atoms with Crippen LogP contribution in [-0.2, 0) is 6.42 Å². The summed E-state index contributed by atoms with van der Waals surface area (Å²) in [7, 11) is 0. The van der Waals surface area contributed by atoms with Crippen molar-refractivity contribution >= 4 is 49.6 Å². The van der Waals surface area contributed by atoms with E-state index in [9.17, 15) is 4.79 Å².